The lowest BCUT2D eigenvalue weighted by Gasteiger charge is -2.10. The first kappa shape index (κ1) is 13.1. The fourth-order valence-electron chi connectivity index (χ4n) is 1.57. The molecular formula is C14H10Br2N2. The van der Waals surface area contributed by atoms with Crippen molar-refractivity contribution in [2.75, 3.05) is 5.32 Å². The van der Waals surface area contributed by atoms with Crippen LogP contribution in [0.2, 0.25) is 0 Å². The van der Waals surface area contributed by atoms with Crippen molar-refractivity contribution in [3.8, 4) is 6.07 Å². The molecule has 0 bridgehead atoms. The molecule has 1 N–H and O–H groups in total. The Morgan fingerprint density at radius 3 is 2.56 bits per heavy atom. The van der Waals surface area contributed by atoms with Crippen LogP contribution in [0.3, 0.4) is 0 Å². The van der Waals surface area contributed by atoms with Crippen molar-refractivity contribution in [2.45, 2.75) is 6.92 Å². The molecule has 2 aromatic rings. The van der Waals surface area contributed by atoms with Crippen LogP contribution in [0, 0.1) is 18.3 Å². The van der Waals surface area contributed by atoms with E-state index in [0.29, 0.717) is 5.56 Å². The highest BCUT2D eigenvalue weighted by Gasteiger charge is 2.03. The summed E-state index contributed by atoms with van der Waals surface area (Å²) < 4.78 is 1.82. The monoisotopic (exact) mass is 364 g/mol. The number of rotatable bonds is 2. The van der Waals surface area contributed by atoms with Crippen LogP contribution in [-0.2, 0) is 0 Å². The molecule has 0 radical (unpaired) electrons. The summed E-state index contributed by atoms with van der Waals surface area (Å²) in [6.45, 7) is 2.05. The third-order valence-corrected chi connectivity index (χ3v) is 3.72. The number of nitriles is 1. The zero-order valence-corrected chi connectivity index (χ0v) is 12.8. The average molecular weight is 366 g/mol. The van der Waals surface area contributed by atoms with Gasteiger partial charge in [-0.1, -0.05) is 22.0 Å². The number of hydrogen-bond donors (Lipinski definition) is 1. The number of anilines is 2. The summed E-state index contributed by atoms with van der Waals surface area (Å²) in [7, 11) is 0. The molecule has 18 heavy (non-hydrogen) atoms. The van der Waals surface area contributed by atoms with Gasteiger partial charge < -0.3 is 5.32 Å². The zero-order valence-electron chi connectivity index (χ0n) is 9.67. The van der Waals surface area contributed by atoms with Gasteiger partial charge in [0.05, 0.1) is 5.56 Å². The molecule has 2 aromatic carbocycles. The van der Waals surface area contributed by atoms with Gasteiger partial charge in [0, 0.05) is 20.3 Å². The Hall–Kier alpha value is -1.31. The molecule has 0 atom stereocenters. The summed E-state index contributed by atoms with van der Waals surface area (Å²) in [5.41, 5.74) is 3.79. The van der Waals surface area contributed by atoms with Crippen LogP contribution >= 0.6 is 31.9 Å². The highest BCUT2D eigenvalue weighted by Crippen LogP contribution is 2.27. The topological polar surface area (TPSA) is 35.8 Å². The lowest BCUT2D eigenvalue weighted by atomic mass is 10.2. The molecular weight excluding hydrogens is 356 g/mol. The number of hydrogen-bond acceptors (Lipinski definition) is 2. The Morgan fingerprint density at radius 1 is 1.11 bits per heavy atom. The van der Waals surface area contributed by atoms with Crippen LogP contribution in [0.1, 0.15) is 11.1 Å². The van der Waals surface area contributed by atoms with E-state index in [1.54, 1.807) is 6.07 Å². The Morgan fingerprint density at radius 2 is 1.89 bits per heavy atom. The normalized spacial score (nSPS) is 9.89. The van der Waals surface area contributed by atoms with Crippen molar-refractivity contribution in [2.24, 2.45) is 0 Å². The molecule has 2 nitrogen and oxygen atoms in total. The van der Waals surface area contributed by atoms with Crippen molar-refractivity contribution < 1.29 is 0 Å². The van der Waals surface area contributed by atoms with E-state index in [1.165, 1.54) is 5.56 Å². The predicted octanol–water partition coefficient (Wildman–Crippen LogP) is 5.14. The maximum Gasteiger partial charge on any atom is 0.100 e. The fraction of sp³-hybridized carbons (Fsp3) is 0.0714. The van der Waals surface area contributed by atoms with Gasteiger partial charge in [0.1, 0.15) is 6.07 Å². The molecule has 0 saturated carbocycles. The quantitative estimate of drug-likeness (QED) is 0.800. The Labute approximate surface area is 123 Å². The molecule has 2 rings (SSSR count). The molecule has 0 aliphatic rings. The Bertz CT molecular complexity index is 630. The van der Waals surface area contributed by atoms with Gasteiger partial charge in [0.2, 0.25) is 0 Å². The van der Waals surface area contributed by atoms with Gasteiger partial charge in [-0.05, 0) is 58.7 Å². The minimum atomic E-state index is 0.631. The number of halogens is 2. The van der Waals surface area contributed by atoms with Gasteiger partial charge >= 0.3 is 0 Å². The number of aryl methyl sites for hydroxylation is 1. The molecule has 0 fully saturated rings. The van der Waals surface area contributed by atoms with E-state index in [2.05, 4.69) is 43.2 Å². The molecule has 4 heteroatoms. The predicted molar refractivity (Wildman–Crippen MR) is 81.0 cm³/mol. The van der Waals surface area contributed by atoms with E-state index in [4.69, 9.17) is 5.26 Å². The summed E-state index contributed by atoms with van der Waals surface area (Å²) >= 11 is 6.84. The minimum Gasteiger partial charge on any atom is -0.355 e. The maximum absolute atomic E-state index is 8.87. The van der Waals surface area contributed by atoms with Crippen LogP contribution < -0.4 is 5.32 Å². The Balaban J connectivity index is 2.32. The molecule has 0 spiro atoms. The number of nitrogens with one attached hydrogen (secondary N) is 1. The fourth-order valence-corrected chi connectivity index (χ4v) is 2.40. The smallest absolute Gasteiger partial charge is 0.100 e. The second-order valence-corrected chi connectivity index (χ2v) is 5.66. The molecule has 0 unspecified atom stereocenters. The molecule has 0 saturated heterocycles. The van der Waals surface area contributed by atoms with E-state index in [1.807, 2.05) is 37.3 Å². The second-order valence-electron chi connectivity index (χ2n) is 3.89. The SMILES string of the molecule is Cc1ccc(Br)cc1Nc1ccc(C#N)c(Br)c1. The van der Waals surface area contributed by atoms with Crippen LogP contribution in [-0.4, -0.2) is 0 Å². The molecule has 0 aliphatic carbocycles. The first-order chi connectivity index (χ1) is 8.60. The van der Waals surface area contributed by atoms with E-state index >= 15 is 0 Å². The van der Waals surface area contributed by atoms with E-state index in [9.17, 15) is 0 Å². The van der Waals surface area contributed by atoms with E-state index in [0.717, 1.165) is 20.3 Å². The van der Waals surface area contributed by atoms with Crippen molar-refractivity contribution >= 4 is 43.2 Å². The lowest BCUT2D eigenvalue weighted by Crippen LogP contribution is -1.93. The van der Waals surface area contributed by atoms with Gasteiger partial charge in [-0.3, -0.25) is 0 Å². The summed E-state index contributed by atoms with van der Waals surface area (Å²) in [6, 6.07) is 13.8. The van der Waals surface area contributed by atoms with E-state index in [-0.39, 0.29) is 0 Å². The Kier molecular flexibility index (Phi) is 4.05. The van der Waals surface area contributed by atoms with Crippen molar-refractivity contribution in [1.29, 1.82) is 5.26 Å². The highest BCUT2D eigenvalue weighted by atomic mass is 79.9. The summed E-state index contributed by atoms with van der Waals surface area (Å²) in [5.74, 6) is 0. The van der Waals surface area contributed by atoms with Gasteiger partial charge in [0.15, 0.2) is 0 Å². The van der Waals surface area contributed by atoms with Crippen molar-refractivity contribution in [1.82, 2.24) is 0 Å². The summed E-state index contributed by atoms with van der Waals surface area (Å²) in [6.07, 6.45) is 0. The van der Waals surface area contributed by atoms with E-state index < -0.39 is 0 Å². The summed E-state index contributed by atoms with van der Waals surface area (Å²) in [5, 5.41) is 12.2. The van der Waals surface area contributed by atoms with Crippen LogP contribution in [0.4, 0.5) is 11.4 Å². The van der Waals surface area contributed by atoms with Gasteiger partial charge in [-0.2, -0.15) is 5.26 Å². The van der Waals surface area contributed by atoms with Crippen LogP contribution in [0.15, 0.2) is 45.3 Å². The minimum absolute atomic E-state index is 0.631. The van der Waals surface area contributed by atoms with Crippen molar-refractivity contribution in [3.05, 3.63) is 56.5 Å². The summed E-state index contributed by atoms with van der Waals surface area (Å²) in [4.78, 5) is 0. The number of benzene rings is 2. The molecule has 90 valence electrons. The van der Waals surface area contributed by atoms with Gasteiger partial charge in [-0.15, -0.1) is 0 Å². The molecule has 0 heterocycles. The first-order valence-corrected chi connectivity index (χ1v) is 6.91. The molecule has 0 amide bonds. The highest BCUT2D eigenvalue weighted by molar-refractivity contribution is 9.10. The molecule has 0 aliphatic heterocycles. The number of nitrogens with zero attached hydrogens (tertiary/aromatic N) is 1. The third-order valence-electron chi connectivity index (χ3n) is 2.57. The maximum atomic E-state index is 8.87. The molecule has 0 aromatic heterocycles. The zero-order chi connectivity index (χ0) is 13.1. The standard InChI is InChI=1S/C14H10Br2N2/c1-9-2-4-11(15)6-14(9)18-12-5-3-10(8-17)13(16)7-12/h2-7,18H,1H3. The van der Waals surface area contributed by atoms with Gasteiger partial charge in [0.25, 0.3) is 0 Å². The van der Waals surface area contributed by atoms with Crippen LogP contribution in [0.25, 0.3) is 0 Å². The first-order valence-electron chi connectivity index (χ1n) is 5.33. The average Bonchev–Trinajstić information content (AvgIpc) is 2.34. The van der Waals surface area contributed by atoms with Crippen LogP contribution in [0.5, 0.6) is 0 Å². The largest absolute Gasteiger partial charge is 0.355 e. The van der Waals surface area contributed by atoms with Crippen molar-refractivity contribution in [3.63, 3.8) is 0 Å². The van der Waals surface area contributed by atoms with Gasteiger partial charge in [-0.25, -0.2) is 0 Å². The second kappa shape index (κ2) is 5.55. The third kappa shape index (κ3) is 2.92. The lowest BCUT2D eigenvalue weighted by molar-refractivity contribution is 1.41.